The molecule has 0 fully saturated rings. The molecule has 22 heavy (non-hydrogen) atoms. The molecule has 0 unspecified atom stereocenters. The monoisotopic (exact) mass is 294 g/mol. The molecule has 0 aliphatic heterocycles. The largest absolute Gasteiger partial charge is 0.341 e. The van der Waals surface area contributed by atoms with Crippen molar-refractivity contribution in [3.63, 3.8) is 0 Å². The number of pyridine rings is 1. The van der Waals surface area contributed by atoms with Crippen molar-refractivity contribution in [3.8, 4) is 0 Å². The van der Waals surface area contributed by atoms with Crippen LogP contribution in [0.25, 0.3) is 0 Å². The molecular weight excluding hydrogens is 272 g/mol. The van der Waals surface area contributed by atoms with Gasteiger partial charge in [0.1, 0.15) is 0 Å². The van der Waals surface area contributed by atoms with Crippen molar-refractivity contribution < 1.29 is 4.79 Å². The Hall–Kier alpha value is -2.16. The van der Waals surface area contributed by atoms with Gasteiger partial charge in [-0.3, -0.25) is 9.78 Å². The summed E-state index contributed by atoms with van der Waals surface area (Å²) in [7, 11) is 1.87. The Kier molecular flexibility index (Phi) is 4.52. The number of amides is 1. The van der Waals surface area contributed by atoms with Crippen molar-refractivity contribution in [3.05, 3.63) is 65.0 Å². The smallest absolute Gasteiger partial charge is 0.253 e. The molecule has 1 aromatic carbocycles. The Morgan fingerprint density at radius 3 is 2.73 bits per heavy atom. The number of hydrogen-bond acceptors (Lipinski definition) is 2. The van der Waals surface area contributed by atoms with Gasteiger partial charge in [-0.15, -0.1) is 0 Å². The molecule has 0 spiro atoms. The first-order valence-electron chi connectivity index (χ1n) is 8.01. The minimum atomic E-state index is 0.101. The van der Waals surface area contributed by atoms with E-state index in [4.69, 9.17) is 0 Å². The highest BCUT2D eigenvalue weighted by molar-refractivity contribution is 5.94. The Balaban J connectivity index is 1.65. The highest BCUT2D eigenvalue weighted by Crippen LogP contribution is 2.22. The molecule has 0 radical (unpaired) electrons. The Labute approximate surface area is 132 Å². The molecule has 3 heteroatoms. The van der Waals surface area contributed by atoms with Crippen LogP contribution in [0.1, 0.15) is 40.0 Å². The molecule has 114 valence electrons. The average Bonchev–Trinajstić information content (AvgIpc) is 2.59. The fourth-order valence-electron chi connectivity index (χ4n) is 3.02. The van der Waals surface area contributed by atoms with Crippen LogP contribution in [-0.4, -0.2) is 29.4 Å². The van der Waals surface area contributed by atoms with Crippen LogP contribution in [0.4, 0.5) is 0 Å². The van der Waals surface area contributed by atoms with E-state index >= 15 is 0 Å². The molecule has 0 atom stereocenters. The zero-order chi connectivity index (χ0) is 15.4. The normalized spacial score (nSPS) is 13.5. The first-order valence-corrected chi connectivity index (χ1v) is 8.01. The van der Waals surface area contributed by atoms with Gasteiger partial charge in [0.15, 0.2) is 0 Å². The average molecular weight is 294 g/mol. The summed E-state index contributed by atoms with van der Waals surface area (Å²) in [5, 5.41) is 0. The number of carbonyl (C=O) groups is 1. The van der Waals surface area contributed by atoms with Gasteiger partial charge in [-0.25, -0.2) is 0 Å². The molecule has 1 aliphatic rings. The van der Waals surface area contributed by atoms with Crippen molar-refractivity contribution >= 4 is 5.91 Å². The predicted molar refractivity (Wildman–Crippen MR) is 88.0 cm³/mol. The van der Waals surface area contributed by atoms with Gasteiger partial charge in [0, 0.05) is 37.5 Å². The lowest BCUT2D eigenvalue weighted by Gasteiger charge is -2.20. The SMILES string of the molecule is CN(CCc1ccccn1)C(=O)c1ccc2c(c1)CCCC2. The number of hydrogen-bond donors (Lipinski definition) is 0. The Bertz CT molecular complexity index is 652. The Morgan fingerprint density at radius 2 is 1.95 bits per heavy atom. The fourth-order valence-corrected chi connectivity index (χ4v) is 3.02. The second-order valence-electron chi connectivity index (χ2n) is 5.99. The summed E-state index contributed by atoms with van der Waals surface area (Å²) >= 11 is 0. The first kappa shape index (κ1) is 14.8. The standard InChI is InChI=1S/C19H22N2O/c1-21(13-11-18-8-4-5-12-20-18)19(22)17-10-9-15-6-2-3-7-16(15)14-17/h4-5,8-10,12,14H,2-3,6-7,11,13H2,1H3. The number of likely N-dealkylation sites (N-methyl/N-ethyl adjacent to an activating group) is 1. The summed E-state index contributed by atoms with van der Waals surface area (Å²) in [6, 6.07) is 12.1. The van der Waals surface area contributed by atoms with E-state index in [1.165, 1.54) is 24.0 Å². The molecule has 0 saturated heterocycles. The third kappa shape index (κ3) is 3.35. The number of aromatic nitrogens is 1. The van der Waals surface area contributed by atoms with E-state index in [1.54, 1.807) is 11.1 Å². The maximum absolute atomic E-state index is 12.6. The van der Waals surface area contributed by atoms with Crippen molar-refractivity contribution in [1.82, 2.24) is 9.88 Å². The van der Waals surface area contributed by atoms with Crippen LogP contribution >= 0.6 is 0 Å². The molecule has 0 saturated carbocycles. The number of nitrogens with zero attached hydrogens (tertiary/aromatic N) is 2. The number of fused-ring (bicyclic) bond motifs is 1. The summed E-state index contributed by atoms with van der Waals surface area (Å²) in [6.45, 7) is 0.687. The van der Waals surface area contributed by atoms with Gasteiger partial charge in [0.25, 0.3) is 5.91 Å². The van der Waals surface area contributed by atoms with Crippen LogP contribution < -0.4 is 0 Å². The van der Waals surface area contributed by atoms with E-state index in [2.05, 4.69) is 17.1 Å². The fraction of sp³-hybridized carbons (Fsp3) is 0.368. The van der Waals surface area contributed by atoms with Crippen LogP contribution in [0.15, 0.2) is 42.6 Å². The summed E-state index contributed by atoms with van der Waals surface area (Å²) < 4.78 is 0. The molecule has 1 heterocycles. The zero-order valence-corrected chi connectivity index (χ0v) is 13.1. The highest BCUT2D eigenvalue weighted by Gasteiger charge is 2.15. The highest BCUT2D eigenvalue weighted by atomic mass is 16.2. The number of aryl methyl sites for hydroxylation is 2. The lowest BCUT2D eigenvalue weighted by atomic mass is 9.90. The van der Waals surface area contributed by atoms with Gasteiger partial charge in [0.2, 0.25) is 0 Å². The second kappa shape index (κ2) is 6.73. The summed E-state index contributed by atoms with van der Waals surface area (Å²) in [5.41, 5.74) is 4.60. The molecule has 3 nitrogen and oxygen atoms in total. The zero-order valence-electron chi connectivity index (χ0n) is 13.1. The van der Waals surface area contributed by atoms with Crippen LogP contribution in [-0.2, 0) is 19.3 Å². The quantitative estimate of drug-likeness (QED) is 0.867. The topological polar surface area (TPSA) is 33.2 Å². The predicted octanol–water partition coefficient (Wildman–Crippen LogP) is 3.28. The third-order valence-electron chi connectivity index (χ3n) is 4.37. The van der Waals surface area contributed by atoms with Crippen LogP contribution in [0, 0.1) is 0 Å². The molecule has 2 aromatic rings. The van der Waals surface area contributed by atoms with Gasteiger partial charge >= 0.3 is 0 Å². The van der Waals surface area contributed by atoms with E-state index in [-0.39, 0.29) is 5.91 Å². The van der Waals surface area contributed by atoms with Crippen LogP contribution in [0.3, 0.4) is 0 Å². The van der Waals surface area contributed by atoms with Crippen molar-refractivity contribution in [2.75, 3.05) is 13.6 Å². The van der Waals surface area contributed by atoms with E-state index in [9.17, 15) is 4.79 Å². The van der Waals surface area contributed by atoms with E-state index < -0.39 is 0 Å². The number of benzene rings is 1. The van der Waals surface area contributed by atoms with Crippen molar-refractivity contribution in [2.24, 2.45) is 0 Å². The summed E-state index contributed by atoms with van der Waals surface area (Å²) in [4.78, 5) is 18.7. The maximum atomic E-state index is 12.6. The molecule has 0 bridgehead atoms. The van der Waals surface area contributed by atoms with Crippen molar-refractivity contribution in [2.45, 2.75) is 32.1 Å². The lowest BCUT2D eigenvalue weighted by Crippen LogP contribution is -2.29. The van der Waals surface area contributed by atoms with E-state index in [1.807, 2.05) is 31.3 Å². The van der Waals surface area contributed by atoms with Crippen LogP contribution in [0.5, 0.6) is 0 Å². The molecule has 1 aromatic heterocycles. The second-order valence-corrected chi connectivity index (χ2v) is 5.99. The van der Waals surface area contributed by atoms with E-state index in [0.29, 0.717) is 6.54 Å². The first-order chi connectivity index (χ1) is 10.7. The minimum absolute atomic E-state index is 0.101. The molecule has 1 amide bonds. The summed E-state index contributed by atoms with van der Waals surface area (Å²) in [6.07, 6.45) is 7.34. The number of carbonyl (C=O) groups excluding carboxylic acids is 1. The number of rotatable bonds is 4. The van der Waals surface area contributed by atoms with Crippen molar-refractivity contribution in [1.29, 1.82) is 0 Å². The molecule has 3 rings (SSSR count). The van der Waals surface area contributed by atoms with Gasteiger partial charge in [-0.1, -0.05) is 12.1 Å². The Morgan fingerprint density at radius 1 is 1.14 bits per heavy atom. The van der Waals surface area contributed by atoms with Crippen LogP contribution in [0.2, 0.25) is 0 Å². The molecule has 1 aliphatic carbocycles. The minimum Gasteiger partial charge on any atom is -0.341 e. The van der Waals surface area contributed by atoms with Gasteiger partial charge in [-0.05, 0) is 61.1 Å². The van der Waals surface area contributed by atoms with E-state index in [0.717, 1.165) is 30.5 Å². The summed E-state index contributed by atoms with van der Waals surface area (Å²) in [5.74, 6) is 0.101. The lowest BCUT2D eigenvalue weighted by molar-refractivity contribution is 0.0796. The molecule has 0 N–H and O–H groups in total. The van der Waals surface area contributed by atoms with Gasteiger partial charge < -0.3 is 4.90 Å². The van der Waals surface area contributed by atoms with Gasteiger partial charge in [-0.2, -0.15) is 0 Å². The van der Waals surface area contributed by atoms with Gasteiger partial charge in [0.05, 0.1) is 0 Å². The molecular formula is C19H22N2O. The maximum Gasteiger partial charge on any atom is 0.253 e. The third-order valence-corrected chi connectivity index (χ3v) is 4.37.